The smallest absolute Gasteiger partial charge is 0.354 e. The Morgan fingerprint density at radius 1 is 1.35 bits per heavy atom. The first-order valence-electron chi connectivity index (χ1n) is 6.10. The van der Waals surface area contributed by atoms with E-state index in [1.54, 1.807) is 0 Å². The molecule has 0 atom stereocenters. The molecule has 0 amide bonds. The van der Waals surface area contributed by atoms with E-state index in [0.29, 0.717) is 28.5 Å². The molecule has 2 aromatic heterocycles. The molecule has 0 aliphatic carbocycles. The summed E-state index contributed by atoms with van der Waals surface area (Å²) in [5.41, 5.74) is 0. The fraction of sp³-hybridized carbons (Fsp3) is 0.500. The monoisotopic (exact) mass is 304 g/mol. The van der Waals surface area contributed by atoms with Gasteiger partial charge in [-0.2, -0.15) is 18.2 Å². The second-order valence-corrected chi connectivity index (χ2v) is 5.68. The van der Waals surface area contributed by atoms with Crippen molar-refractivity contribution in [1.82, 2.24) is 9.97 Å². The Kier molecular flexibility index (Phi) is 4.03. The van der Waals surface area contributed by atoms with Gasteiger partial charge < -0.3 is 10.2 Å². The van der Waals surface area contributed by atoms with Crippen molar-refractivity contribution in [3.63, 3.8) is 0 Å². The molecule has 0 fully saturated rings. The van der Waals surface area contributed by atoms with Gasteiger partial charge in [0.2, 0.25) is 5.95 Å². The van der Waals surface area contributed by atoms with Crippen LogP contribution in [-0.2, 0) is 0 Å². The van der Waals surface area contributed by atoms with E-state index in [1.165, 1.54) is 18.4 Å². The van der Waals surface area contributed by atoms with Gasteiger partial charge >= 0.3 is 6.18 Å². The Balaban J connectivity index is 2.48. The van der Waals surface area contributed by atoms with Crippen LogP contribution in [0.25, 0.3) is 10.2 Å². The van der Waals surface area contributed by atoms with Gasteiger partial charge in [0.1, 0.15) is 17.2 Å². The van der Waals surface area contributed by atoms with Gasteiger partial charge in [0.05, 0.1) is 5.39 Å². The van der Waals surface area contributed by atoms with Gasteiger partial charge in [-0.15, -0.1) is 11.3 Å². The highest BCUT2D eigenvalue weighted by molar-refractivity contribution is 7.18. The number of alkyl halides is 3. The lowest BCUT2D eigenvalue weighted by Crippen LogP contribution is -2.31. The summed E-state index contributed by atoms with van der Waals surface area (Å²) in [4.78, 5) is 11.3. The van der Waals surface area contributed by atoms with Crippen molar-refractivity contribution in [2.24, 2.45) is 0 Å². The normalized spacial score (nSPS) is 11.9. The van der Waals surface area contributed by atoms with E-state index in [4.69, 9.17) is 0 Å². The number of anilines is 2. The molecule has 1 N–H and O–H groups in total. The summed E-state index contributed by atoms with van der Waals surface area (Å²) >= 11 is 1.44. The minimum Gasteiger partial charge on any atom is -0.354 e. The average molecular weight is 304 g/mol. The third-order valence-corrected chi connectivity index (χ3v) is 3.55. The molecule has 0 aliphatic heterocycles. The first-order chi connectivity index (χ1) is 9.30. The molecule has 0 aliphatic rings. The quantitative estimate of drug-likeness (QED) is 0.939. The minimum atomic E-state index is -4.27. The first kappa shape index (κ1) is 14.8. The Hall–Kier alpha value is -1.57. The number of hydrogen-bond donors (Lipinski definition) is 1. The van der Waals surface area contributed by atoms with Crippen molar-refractivity contribution < 1.29 is 13.2 Å². The van der Waals surface area contributed by atoms with Crippen LogP contribution in [0.4, 0.5) is 24.9 Å². The van der Waals surface area contributed by atoms with E-state index >= 15 is 0 Å². The third kappa shape index (κ3) is 3.30. The highest BCUT2D eigenvalue weighted by Crippen LogP contribution is 2.32. The Morgan fingerprint density at radius 2 is 2.05 bits per heavy atom. The zero-order valence-corrected chi connectivity index (χ0v) is 12.2. The zero-order valence-electron chi connectivity index (χ0n) is 11.4. The number of fused-ring (bicyclic) bond motifs is 1. The van der Waals surface area contributed by atoms with Crippen LogP contribution < -0.4 is 10.2 Å². The van der Waals surface area contributed by atoms with Crippen molar-refractivity contribution in [3.8, 4) is 0 Å². The van der Waals surface area contributed by atoms with Gasteiger partial charge in [0.15, 0.2) is 0 Å². The summed E-state index contributed by atoms with van der Waals surface area (Å²) in [5, 5.41) is 3.60. The molecule has 0 unspecified atom stereocenters. The number of nitrogens with zero attached hydrogens (tertiary/aromatic N) is 3. The van der Waals surface area contributed by atoms with Crippen molar-refractivity contribution in [2.75, 3.05) is 30.4 Å². The molecule has 20 heavy (non-hydrogen) atoms. The molecule has 0 saturated carbocycles. The van der Waals surface area contributed by atoms with Crippen LogP contribution in [0, 0.1) is 6.92 Å². The topological polar surface area (TPSA) is 41.1 Å². The van der Waals surface area contributed by atoms with Gasteiger partial charge in [0, 0.05) is 18.5 Å². The molecule has 2 aromatic rings. The molecule has 110 valence electrons. The average Bonchev–Trinajstić information content (AvgIpc) is 2.66. The third-order valence-electron chi connectivity index (χ3n) is 2.61. The standard InChI is InChI=1S/C12H15F3N4S/c1-4-16-11-17-9(19(3)6-12(13,14)15)8-5-7(2)20-10(8)18-11/h5H,4,6H2,1-3H3,(H,16,17,18). The lowest BCUT2D eigenvalue weighted by molar-refractivity contribution is -0.119. The van der Waals surface area contributed by atoms with E-state index in [-0.39, 0.29) is 0 Å². The SMILES string of the molecule is CCNc1nc(N(C)CC(F)(F)F)c2cc(C)sc2n1. The Bertz CT molecular complexity index is 609. The number of hydrogen-bond acceptors (Lipinski definition) is 5. The molecule has 0 bridgehead atoms. The largest absolute Gasteiger partial charge is 0.405 e. The van der Waals surface area contributed by atoms with Gasteiger partial charge in [0.25, 0.3) is 0 Å². The maximum Gasteiger partial charge on any atom is 0.405 e. The molecule has 8 heteroatoms. The highest BCUT2D eigenvalue weighted by Gasteiger charge is 2.30. The molecule has 0 spiro atoms. The van der Waals surface area contributed by atoms with Crippen LogP contribution in [0.5, 0.6) is 0 Å². The highest BCUT2D eigenvalue weighted by atomic mass is 32.1. The summed E-state index contributed by atoms with van der Waals surface area (Å²) in [6, 6.07) is 1.82. The fourth-order valence-electron chi connectivity index (χ4n) is 1.90. The maximum absolute atomic E-state index is 12.5. The summed E-state index contributed by atoms with van der Waals surface area (Å²) in [6.45, 7) is 3.34. The van der Waals surface area contributed by atoms with Crippen LogP contribution in [0.2, 0.25) is 0 Å². The lowest BCUT2D eigenvalue weighted by Gasteiger charge is -2.21. The van der Waals surface area contributed by atoms with E-state index in [1.807, 2.05) is 19.9 Å². The Labute approximate surface area is 118 Å². The van der Waals surface area contributed by atoms with E-state index in [2.05, 4.69) is 15.3 Å². The van der Waals surface area contributed by atoms with Crippen molar-refractivity contribution in [2.45, 2.75) is 20.0 Å². The minimum absolute atomic E-state index is 0.299. The number of rotatable bonds is 4. The van der Waals surface area contributed by atoms with Crippen LogP contribution >= 0.6 is 11.3 Å². The summed E-state index contributed by atoms with van der Waals surface area (Å²) in [6.07, 6.45) is -4.27. The van der Waals surface area contributed by atoms with Gasteiger partial charge in [-0.3, -0.25) is 0 Å². The second kappa shape index (κ2) is 5.43. The molecular weight excluding hydrogens is 289 g/mol. The van der Waals surface area contributed by atoms with Gasteiger partial charge in [-0.05, 0) is 19.9 Å². The summed E-state index contributed by atoms with van der Waals surface area (Å²) in [7, 11) is 1.39. The van der Waals surface area contributed by atoms with Crippen LogP contribution in [0.15, 0.2) is 6.07 Å². The summed E-state index contributed by atoms with van der Waals surface area (Å²) in [5.74, 6) is 0.651. The van der Waals surface area contributed by atoms with Crippen LogP contribution in [0.3, 0.4) is 0 Å². The Morgan fingerprint density at radius 3 is 2.65 bits per heavy atom. The molecule has 2 heterocycles. The molecule has 0 aromatic carbocycles. The van der Waals surface area contributed by atoms with Crippen LogP contribution in [0.1, 0.15) is 11.8 Å². The number of aryl methyl sites for hydroxylation is 1. The molecule has 4 nitrogen and oxygen atoms in total. The number of thiophene rings is 1. The predicted molar refractivity (Wildman–Crippen MR) is 75.6 cm³/mol. The predicted octanol–water partition coefficient (Wildman–Crippen LogP) is 3.43. The number of nitrogens with one attached hydrogen (secondary N) is 1. The fourth-order valence-corrected chi connectivity index (χ4v) is 2.77. The number of aromatic nitrogens is 2. The lowest BCUT2D eigenvalue weighted by atomic mass is 10.3. The second-order valence-electron chi connectivity index (χ2n) is 4.45. The zero-order chi connectivity index (χ0) is 14.9. The number of halogens is 3. The van der Waals surface area contributed by atoms with Gasteiger partial charge in [-0.25, -0.2) is 4.98 Å². The van der Waals surface area contributed by atoms with E-state index in [9.17, 15) is 13.2 Å². The van der Waals surface area contributed by atoms with Gasteiger partial charge in [-0.1, -0.05) is 0 Å². The molecule has 0 radical (unpaired) electrons. The maximum atomic E-state index is 12.5. The molecular formula is C12H15F3N4S. The molecule has 0 saturated heterocycles. The van der Waals surface area contributed by atoms with E-state index in [0.717, 1.165) is 9.78 Å². The summed E-state index contributed by atoms with van der Waals surface area (Å²) < 4.78 is 37.6. The molecule has 2 rings (SSSR count). The van der Waals surface area contributed by atoms with Crippen molar-refractivity contribution in [3.05, 3.63) is 10.9 Å². The van der Waals surface area contributed by atoms with Crippen molar-refractivity contribution in [1.29, 1.82) is 0 Å². The van der Waals surface area contributed by atoms with Crippen LogP contribution in [-0.4, -0.2) is 36.3 Å². The van der Waals surface area contributed by atoms with E-state index < -0.39 is 12.7 Å². The van der Waals surface area contributed by atoms with Crippen molar-refractivity contribution >= 4 is 33.3 Å². The first-order valence-corrected chi connectivity index (χ1v) is 6.91.